The van der Waals surface area contributed by atoms with Gasteiger partial charge in [-0.3, -0.25) is 10.2 Å². The summed E-state index contributed by atoms with van der Waals surface area (Å²) in [6, 6.07) is 17.0. The van der Waals surface area contributed by atoms with E-state index in [9.17, 15) is 9.59 Å². The monoisotopic (exact) mass is 442 g/mol. The highest BCUT2D eigenvalue weighted by Gasteiger charge is 2.17. The second-order valence-electron chi connectivity index (χ2n) is 7.49. The zero-order chi connectivity index (χ0) is 23.6. The number of esters is 1. The van der Waals surface area contributed by atoms with Crippen LogP contribution in [0, 0.1) is 17.3 Å². The molecule has 4 N–H and O–H groups in total. The maximum absolute atomic E-state index is 12.5. The molecule has 0 unspecified atom stereocenters. The summed E-state index contributed by atoms with van der Waals surface area (Å²) >= 11 is 0. The van der Waals surface area contributed by atoms with Crippen LogP contribution in [0.15, 0.2) is 71.9 Å². The minimum atomic E-state index is -0.649. The van der Waals surface area contributed by atoms with Gasteiger partial charge in [0.15, 0.2) is 5.96 Å². The Bertz CT molecular complexity index is 1140. The van der Waals surface area contributed by atoms with E-state index in [-0.39, 0.29) is 11.7 Å². The number of rotatable bonds is 4. The molecule has 1 amide bonds. The molecule has 0 saturated carbocycles. The van der Waals surface area contributed by atoms with Gasteiger partial charge in [-0.25, -0.2) is 4.79 Å². The molecule has 7 nitrogen and oxygen atoms in total. The molecule has 0 aliphatic carbocycles. The third-order valence-electron chi connectivity index (χ3n) is 5.01. The molecule has 2 aromatic rings. The van der Waals surface area contributed by atoms with E-state index in [1.807, 2.05) is 54.6 Å². The number of carbonyl (C=O) groups excluding carboxylic acids is 2. The number of nitrogens with zero attached hydrogens (tertiary/aromatic N) is 1. The number of hydrogen-bond acceptors (Lipinski definition) is 4. The van der Waals surface area contributed by atoms with Gasteiger partial charge in [0, 0.05) is 30.3 Å². The van der Waals surface area contributed by atoms with E-state index in [2.05, 4.69) is 17.2 Å². The number of guanidine groups is 1. The molecule has 0 atom stereocenters. The molecule has 2 aromatic carbocycles. The number of nitrogens with two attached hydrogens (primary N) is 1. The van der Waals surface area contributed by atoms with Crippen molar-refractivity contribution in [3.05, 3.63) is 88.6 Å². The van der Waals surface area contributed by atoms with Crippen molar-refractivity contribution in [2.24, 2.45) is 5.73 Å². The first-order valence-corrected chi connectivity index (χ1v) is 10.5. The molecule has 1 aliphatic rings. The summed E-state index contributed by atoms with van der Waals surface area (Å²) in [6.07, 6.45) is 4.55. The van der Waals surface area contributed by atoms with Gasteiger partial charge in [0.1, 0.15) is 5.70 Å². The molecule has 0 spiro atoms. The zero-order valence-electron chi connectivity index (χ0n) is 18.4. The lowest BCUT2D eigenvalue weighted by Gasteiger charge is -2.28. The van der Waals surface area contributed by atoms with Gasteiger partial charge in [0.25, 0.3) is 0 Å². The fourth-order valence-corrected chi connectivity index (χ4v) is 3.33. The fraction of sp³-hybridized carbons (Fsp3) is 0.192. The summed E-state index contributed by atoms with van der Waals surface area (Å²) in [5.41, 5.74) is 8.90. The van der Waals surface area contributed by atoms with Crippen LogP contribution in [0.2, 0.25) is 0 Å². The molecule has 0 radical (unpaired) electrons. The van der Waals surface area contributed by atoms with Gasteiger partial charge in [-0.2, -0.15) is 0 Å². The standard InChI is InChI=1S/C26H26N4O3/c1-33-25(32)23(29-24(31)17-22-8-5-15-30(18-22)26(27)28)16-21-13-11-20(12-14-21)10-9-19-6-3-2-4-7-19/h2-4,6-7,11-14,16-17H,5,8,15,18H2,1H3,(H3,27,28)(H,29,31)/b22-17+,23-16+. The predicted octanol–water partition coefficient (Wildman–Crippen LogP) is 2.63. The predicted molar refractivity (Wildman–Crippen MR) is 128 cm³/mol. The van der Waals surface area contributed by atoms with Crippen LogP contribution < -0.4 is 11.1 Å². The van der Waals surface area contributed by atoms with Crippen molar-refractivity contribution in [1.29, 1.82) is 5.41 Å². The van der Waals surface area contributed by atoms with Gasteiger partial charge < -0.3 is 20.7 Å². The van der Waals surface area contributed by atoms with E-state index in [1.54, 1.807) is 11.0 Å². The topological polar surface area (TPSA) is 109 Å². The van der Waals surface area contributed by atoms with E-state index in [0.29, 0.717) is 18.7 Å². The third-order valence-corrected chi connectivity index (χ3v) is 5.01. The first-order valence-electron chi connectivity index (χ1n) is 10.5. The molecular weight excluding hydrogens is 416 g/mol. The maximum atomic E-state index is 12.5. The van der Waals surface area contributed by atoms with Crippen LogP contribution in [0.1, 0.15) is 29.5 Å². The number of piperidine rings is 1. The van der Waals surface area contributed by atoms with Crippen molar-refractivity contribution in [3.8, 4) is 11.8 Å². The van der Waals surface area contributed by atoms with E-state index in [4.69, 9.17) is 15.9 Å². The van der Waals surface area contributed by atoms with Crippen molar-refractivity contribution >= 4 is 23.9 Å². The molecule has 0 aromatic heterocycles. The number of nitrogens with one attached hydrogen (secondary N) is 2. The smallest absolute Gasteiger partial charge is 0.354 e. The molecule has 7 heteroatoms. The third kappa shape index (κ3) is 7.11. The van der Waals surface area contributed by atoms with Crippen LogP contribution >= 0.6 is 0 Å². The second kappa shape index (κ2) is 11.3. The minimum absolute atomic E-state index is 0.0203. The first-order chi connectivity index (χ1) is 15.9. The van der Waals surface area contributed by atoms with E-state index >= 15 is 0 Å². The summed E-state index contributed by atoms with van der Waals surface area (Å²) in [7, 11) is 1.26. The summed E-state index contributed by atoms with van der Waals surface area (Å²) in [4.78, 5) is 26.4. The van der Waals surface area contributed by atoms with Crippen LogP contribution in [0.4, 0.5) is 0 Å². The van der Waals surface area contributed by atoms with Gasteiger partial charge >= 0.3 is 5.97 Å². The summed E-state index contributed by atoms with van der Waals surface area (Å²) in [5, 5.41) is 10.2. The average molecular weight is 443 g/mol. The second-order valence-corrected chi connectivity index (χ2v) is 7.49. The minimum Gasteiger partial charge on any atom is -0.464 e. The van der Waals surface area contributed by atoms with Crippen LogP contribution in [0.25, 0.3) is 6.08 Å². The SMILES string of the molecule is COC(=O)/C(=C\c1ccc(C#Cc2ccccc2)cc1)NC(=O)/C=C1\CCCN(C(=N)N)C1. The zero-order valence-corrected chi connectivity index (χ0v) is 18.4. The Hall–Kier alpha value is -4.31. The number of carbonyl (C=O) groups is 2. The van der Waals surface area contributed by atoms with Gasteiger partial charge in [-0.05, 0) is 54.3 Å². The van der Waals surface area contributed by atoms with Crippen molar-refractivity contribution in [1.82, 2.24) is 10.2 Å². The number of benzene rings is 2. The highest BCUT2D eigenvalue weighted by Crippen LogP contribution is 2.15. The Labute approximate surface area is 193 Å². The summed E-state index contributed by atoms with van der Waals surface area (Å²) in [6.45, 7) is 1.11. The lowest BCUT2D eigenvalue weighted by molar-refractivity contribution is -0.137. The lowest BCUT2D eigenvalue weighted by Crippen LogP contribution is -2.41. The molecule has 33 heavy (non-hydrogen) atoms. The van der Waals surface area contributed by atoms with Gasteiger partial charge in [-0.15, -0.1) is 0 Å². The van der Waals surface area contributed by atoms with Crippen LogP contribution in [-0.2, 0) is 14.3 Å². The van der Waals surface area contributed by atoms with Gasteiger partial charge in [0.05, 0.1) is 7.11 Å². The number of amides is 1. The lowest BCUT2D eigenvalue weighted by atomic mass is 10.0. The van der Waals surface area contributed by atoms with Gasteiger partial charge in [-0.1, -0.05) is 42.2 Å². The Morgan fingerprint density at radius 3 is 2.39 bits per heavy atom. The molecular formula is C26H26N4O3. The van der Waals surface area contributed by atoms with Crippen molar-refractivity contribution < 1.29 is 14.3 Å². The Balaban J connectivity index is 1.72. The molecule has 1 saturated heterocycles. The Morgan fingerprint density at radius 1 is 1.09 bits per heavy atom. The normalized spacial score (nSPS) is 14.8. The average Bonchev–Trinajstić information content (AvgIpc) is 2.83. The molecule has 168 valence electrons. The maximum Gasteiger partial charge on any atom is 0.354 e. The highest BCUT2D eigenvalue weighted by molar-refractivity contribution is 6.01. The van der Waals surface area contributed by atoms with E-state index in [1.165, 1.54) is 13.2 Å². The van der Waals surface area contributed by atoms with E-state index in [0.717, 1.165) is 29.5 Å². The number of likely N-dealkylation sites (tertiary alicyclic amines) is 1. The van der Waals surface area contributed by atoms with Crippen molar-refractivity contribution in [2.45, 2.75) is 12.8 Å². The van der Waals surface area contributed by atoms with Crippen LogP contribution in [-0.4, -0.2) is 42.9 Å². The Morgan fingerprint density at radius 2 is 1.76 bits per heavy atom. The first kappa shape index (κ1) is 23.4. The number of ether oxygens (including phenoxy) is 1. The molecule has 1 fully saturated rings. The van der Waals surface area contributed by atoms with E-state index < -0.39 is 11.9 Å². The molecule has 3 rings (SSSR count). The van der Waals surface area contributed by atoms with Crippen LogP contribution in [0.3, 0.4) is 0 Å². The molecule has 0 bridgehead atoms. The Kier molecular flexibility index (Phi) is 8.03. The number of methoxy groups -OCH3 is 1. The number of hydrogen-bond donors (Lipinski definition) is 3. The summed E-state index contributed by atoms with van der Waals surface area (Å²) < 4.78 is 4.82. The quantitative estimate of drug-likeness (QED) is 0.222. The summed E-state index contributed by atoms with van der Waals surface area (Å²) in [5.74, 6) is 5.09. The van der Waals surface area contributed by atoms with Gasteiger partial charge in [0.2, 0.25) is 5.91 Å². The van der Waals surface area contributed by atoms with Crippen molar-refractivity contribution in [3.63, 3.8) is 0 Å². The fourth-order valence-electron chi connectivity index (χ4n) is 3.33. The molecule has 1 heterocycles. The van der Waals surface area contributed by atoms with Crippen molar-refractivity contribution in [2.75, 3.05) is 20.2 Å². The van der Waals surface area contributed by atoms with Crippen LogP contribution in [0.5, 0.6) is 0 Å². The largest absolute Gasteiger partial charge is 0.464 e. The highest BCUT2D eigenvalue weighted by atomic mass is 16.5. The molecule has 1 aliphatic heterocycles.